The van der Waals surface area contributed by atoms with Crippen LogP contribution in [0.2, 0.25) is 0 Å². The highest BCUT2D eigenvalue weighted by molar-refractivity contribution is 5.38. The first-order chi connectivity index (χ1) is 6.81. The van der Waals surface area contributed by atoms with E-state index in [2.05, 4.69) is 28.7 Å². The highest BCUT2D eigenvalue weighted by Crippen LogP contribution is 2.10. The van der Waals surface area contributed by atoms with Crippen LogP contribution < -0.4 is 10.6 Å². The van der Waals surface area contributed by atoms with E-state index in [1.807, 2.05) is 6.07 Å². The predicted molar refractivity (Wildman–Crippen MR) is 58.4 cm³/mol. The Morgan fingerprint density at radius 2 is 2.14 bits per heavy atom. The van der Waals surface area contributed by atoms with E-state index in [9.17, 15) is 0 Å². The lowest BCUT2D eigenvalue weighted by Gasteiger charge is -2.20. The van der Waals surface area contributed by atoms with Crippen LogP contribution in [0.1, 0.15) is 19.5 Å². The van der Waals surface area contributed by atoms with Crippen molar-refractivity contribution in [1.82, 2.24) is 9.97 Å². The standard InChI is InChI=1S/C10H18N4/c1-3-9-7-10(13-8-12-9)14(4-2)6-5-11/h7-8H,3-6,11H2,1-2H3. The van der Waals surface area contributed by atoms with Crippen LogP contribution in [0.3, 0.4) is 0 Å². The molecule has 0 radical (unpaired) electrons. The van der Waals surface area contributed by atoms with Crippen LogP contribution in [0.4, 0.5) is 5.82 Å². The molecule has 0 saturated heterocycles. The molecule has 4 nitrogen and oxygen atoms in total. The third-order valence-corrected chi connectivity index (χ3v) is 2.18. The van der Waals surface area contributed by atoms with Crippen molar-refractivity contribution in [2.75, 3.05) is 24.5 Å². The first-order valence-corrected chi connectivity index (χ1v) is 5.07. The Hall–Kier alpha value is -1.16. The van der Waals surface area contributed by atoms with E-state index < -0.39 is 0 Å². The van der Waals surface area contributed by atoms with Crippen LogP contribution in [0.15, 0.2) is 12.4 Å². The number of aromatic nitrogens is 2. The van der Waals surface area contributed by atoms with Gasteiger partial charge in [0.05, 0.1) is 0 Å². The second-order valence-electron chi connectivity index (χ2n) is 3.09. The lowest BCUT2D eigenvalue weighted by atomic mass is 10.3. The molecule has 0 fully saturated rings. The first kappa shape index (κ1) is 10.9. The summed E-state index contributed by atoms with van der Waals surface area (Å²) in [5, 5.41) is 0. The summed E-state index contributed by atoms with van der Waals surface area (Å²) in [6.07, 6.45) is 2.56. The molecule has 14 heavy (non-hydrogen) atoms. The Bertz CT molecular complexity index is 275. The van der Waals surface area contributed by atoms with Crippen molar-refractivity contribution in [2.45, 2.75) is 20.3 Å². The molecule has 0 spiro atoms. The number of anilines is 1. The zero-order chi connectivity index (χ0) is 10.4. The number of aryl methyl sites for hydroxylation is 1. The number of rotatable bonds is 5. The van der Waals surface area contributed by atoms with Crippen LogP contribution in [0.25, 0.3) is 0 Å². The highest BCUT2D eigenvalue weighted by atomic mass is 15.2. The Balaban J connectivity index is 2.80. The lowest BCUT2D eigenvalue weighted by molar-refractivity contribution is 0.795. The van der Waals surface area contributed by atoms with Gasteiger partial charge in [-0.3, -0.25) is 0 Å². The van der Waals surface area contributed by atoms with Crippen LogP contribution >= 0.6 is 0 Å². The minimum absolute atomic E-state index is 0.652. The van der Waals surface area contributed by atoms with E-state index in [1.54, 1.807) is 6.33 Å². The highest BCUT2D eigenvalue weighted by Gasteiger charge is 2.04. The van der Waals surface area contributed by atoms with Crippen molar-refractivity contribution in [3.63, 3.8) is 0 Å². The maximum atomic E-state index is 5.53. The van der Waals surface area contributed by atoms with E-state index >= 15 is 0 Å². The molecule has 0 aliphatic heterocycles. The first-order valence-electron chi connectivity index (χ1n) is 5.07. The zero-order valence-corrected chi connectivity index (χ0v) is 8.90. The number of nitrogens with two attached hydrogens (primary N) is 1. The molecule has 1 aromatic rings. The van der Waals surface area contributed by atoms with Gasteiger partial charge in [-0.15, -0.1) is 0 Å². The quantitative estimate of drug-likeness (QED) is 0.754. The minimum atomic E-state index is 0.652. The third-order valence-electron chi connectivity index (χ3n) is 2.18. The second-order valence-corrected chi connectivity index (χ2v) is 3.09. The van der Waals surface area contributed by atoms with E-state index in [0.717, 1.165) is 31.0 Å². The van der Waals surface area contributed by atoms with Gasteiger partial charge >= 0.3 is 0 Å². The van der Waals surface area contributed by atoms with Crippen LogP contribution in [-0.4, -0.2) is 29.6 Å². The van der Waals surface area contributed by atoms with E-state index in [-0.39, 0.29) is 0 Å². The molecular weight excluding hydrogens is 176 g/mol. The summed E-state index contributed by atoms with van der Waals surface area (Å²) in [4.78, 5) is 10.6. The van der Waals surface area contributed by atoms with E-state index in [1.165, 1.54) is 0 Å². The number of hydrogen-bond acceptors (Lipinski definition) is 4. The van der Waals surface area contributed by atoms with Gasteiger partial charge in [-0.05, 0) is 13.3 Å². The van der Waals surface area contributed by atoms with Gasteiger partial charge in [0, 0.05) is 31.4 Å². The molecule has 0 saturated carbocycles. The molecule has 0 atom stereocenters. The smallest absolute Gasteiger partial charge is 0.132 e. The summed E-state index contributed by atoms with van der Waals surface area (Å²) in [5.74, 6) is 0.977. The van der Waals surface area contributed by atoms with Crippen LogP contribution in [-0.2, 0) is 6.42 Å². The Morgan fingerprint density at radius 1 is 1.36 bits per heavy atom. The summed E-state index contributed by atoms with van der Waals surface area (Å²) in [7, 11) is 0. The molecule has 0 aliphatic rings. The molecule has 0 aromatic carbocycles. The fraction of sp³-hybridized carbons (Fsp3) is 0.600. The molecule has 0 bridgehead atoms. The largest absolute Gasteiger partial charge is 0.356 e. The van der Waals surface area contributed by atoms with Crippen LogP contribution in [0.5, 0.6) is 0 Å². The number of likely N-dealkylation sites (N-methyl/N-ethyl adjacent to an activating group) is 1. The fourth-order valence-electron chi connectivity index (χ4n) is 1.34. The number of hydrogen-bond donors (Lipinski definition) is 1. The topological polar surface area (TPSA) is 55.0 Å². The Morgan fingerprint density at radius 3 is 2.71 bits per heavy atom. The SMILES string of the molecule is CCc1cc(N(CC)CCN)ncn1. The van der Waals surface area contributed by atoms with Gasteiger partial charge in [-0.25, -0.2) is 9.97 Å². The minimum Gasteiger partial charge on any atom is -0.356 e. The summed E-state index contributed by atoms with van der Waals surface area (Å²) < 4.78 is 0. The van der Waals surface area contributed by atoms with Crippen LogP contribution in [0, 0.1) is 0 Å². The van der Waals surface area contributed by atoms with Gasteiger partial charge < -0.3 is 10.6 Å². The van der Waals surface area contributed by atoms with Crippen molar-refractivity contribution in [2.24, 2.45) is 5.73 Å². The molecule has 0 amide bonds. The van der Waals surface area contributed by atoms with Crippen molar-refractivity contribution < 1.29 is 0 Å². The Labute approximate surface area is 85.2 Å². The van der Waals surface area contributed by atoms with Crippen molar-refractivity contribution in [3.05, 3.63) is 18.1 Å². The molecule has 1 heterocycles. The molecule has 1 rings (SSSR count). The summed E-state index contributed by atoms with van der Waals surface area (Å²) in [5.41, 5.74) is 6.60. The van der Waals surface area contributed by atoms with E-state index in [0.29, 0.717) is 6.54 Å². The monoisotopic (exact) mass is 194 g/mol. The molecule has 0 aliphatic carbocycles. The second kappa shape index (κ2) is 5.54. The molecule has 0 unspecified atom stereocenters. The summed E-state index contributed by atoms with van der Waals surface area (Å²) in [6.45, 7) is 6.61. The molecular formula is C10H18N4. The number of nitrogens with zero attached hydrogens (tertiary/aromatic N) is 3. The van der Waals surface area contributed by atoms with Gasteiger partial charge in [0.2, 0.25) is 0 Å². The molecule has 4 heteroatoms. The maximum absolute atomic E-state index is 5.53. The molecule has 2 N–H and O–H groups in total. The predicted octanol–water partition coefficient (Wildman–Crippen LogP) is 0.824. The average Bonchev–Trinajstić information content (AvgIpc) is 2.26. The van der Waals surface area contributed by atoms with Gasteiger partial charge in [0.25, 0.3) is 0 Å². The lowest BCUT2D eigenvalue weighted by Crippen LogP contribution is -2.29. The molecule has 78 valence electrons. The van der Waals surface area contributed by atoms with E-state index in [4.69, 9.17) is 5.73 Å². The van der Waals surface area contributed by atoms with Gasteiger partial charge in [0.1, 0.15) is 12.1 Å². The van der Waals surface area contributed by atoms with Crippen molar-refractivity contribution in [1.29, 1.82) is 0 Å². The normalized spacial score (nSPS) is 10.2. The summed E-state index contributed by atoms with van der Waals surface area (Å²) >= 11 is 0. The van der Waals surface area contributed by atoms with Crippen molar-refractivity contribution >= 4 is 5.82 Å². The van der Waals surface area contributed by atoms with Gasteiger partial charge in [-0.1, -0.05) is 6.92 Å². The maximum Gasteiger partial charge on any atom is 0.132 e. The van der Waals surface area contributed by atoms with Gasteiger partial charge in [-0.2, -0.15) is 0 Å². The molecule has 1 aromatic heterocycles. The average molecular weight is 194 g/mol. The third kappa shape index (κ3) is 2.67. The van der Waals surface area contributed by atoms with Gasteiger partial charge in [0.15, 0.2) is 0 Å². The summed E-state index contributed by atoms with van der Waals surface area (Å²) in [6, 6.07) is 2.03. The van der Waals surface area contributed by atoms with Crippen molar-refractivity contribution in [3.8, 4) is 0 Å². The Kier molecular flexibility index (Phi) is 4.32. The zero-order valence-electron chi connectivity index (χ0n) is 8.90. The fourth-order valence-corrected chi connectivity index (χ4v) is 1.34.